The Bertz CT molecular complexity index is 875. The number of amides is 1. The van der Waals surface area contributed by atoms with Gasteiger partial charge in [0.2, 0.25) is 0 Å². The van der Waals surface area contributed by atoms with Gasteiger partial charge in [-0.15, -0.1) is 0 Å². The van der Waals surface area contributed by atoms with Crippen LogP contribution < -0.4 is 5.32 Å². The molecule has 1 rings (SSSR count). The zero-order valence-electron chi connectivity index (χ0n) is 22.2. The second kappa shape index (κ2) is 12.0. The van der Waals surface area contributed by atoms with Crippen LogP contribution in [-0.4, -0.2) is 46.8 Å². The second-order valence-electron chi connectivity index (χ2n) is 11.1. The van der Waals surface area contributed by atoms with Crippen LogP contribution in [0.5, 0.6) is 0 Å². The van der Waals surface area contributed by atoms with Gasteiger partial charge in [0.15, 0.2) is 5.92 Å². The van der Waals surface area contributed by atoms with E-state index in [0.717, 1.165) is 5.56 Å². The lowest BCUT2D eigenvalue weighted by molar-refractivity contribution is -0.171. The predicted molar refractivity (Wildman–Crippen MR) is 129 cm³/mol. The predicted octanol–water partition coefficient (Wildman–Crippen LogP) is 4.31. The maximum atomic E-state index is 13.0. The molecule has 1 N–H and O–H groups in total. The summed E-state index contributed by atoms with van der Waals surface area (Å²) < 4.78 is 21.4. The third-order valence-electron chi connectivity index (χ3n) is 4.05. The summed E-state index contributed by atoms with van der Waals surface area (Å²) in [6, 6.07) is 7.57. The molecule has 0 fully saturated rings. The van der Waals surface area contributed by atoms with Gasteiger partial charge in [0.1, 0.15) is 29.5 Å². The van der Waals surface area contributed by atoms with Crippen LogP contribution in [0.25, 0.3) is 0 Å². The van der Waals surface area contributed by atoms with E-state index in [9.17, 15) is 19.2 Å². The molecule has 0 bridgehead atoms. The lowest BCUT2D eigenvalue weighted by Gasteiger charge is -2.28. The molecule has 0 heterocycles. The van der Waals surface area contributed by atoms with Crippen molar-refractivity contribution in [2.75, 3.05) is 0 Å². The number of hydrogen-bond donors (Lipinski definition) is 1. The Kier molecular flexibility index (Phi) is 10.3. The summed E-state index contributed by atoms with van der Waals surface area (Å²) in [4.78, 5) is 51.3. The molecule has 0 aromatic heterocycles. The highest BCUT2D eigenvalue weighted by molar-refractivity contribution is 5.96. The zero-order valence-corrected chi connectivity index (χ0v) is 22.2. The Labute approximate surface area is 207 Å². The van der Waals surface area contributed by atoms with Gasteiger partial charge >= 0.3 is 24.0 Å². The van der Waals surface area contributed by atoms with Crippen molar-refractivity contribution in [3.8, 4) is 0 Å². The molecule has 1 unspecified atom stereocenters. The molecule has 35 heavy (non-hydrogen) atoms. The summed E-state index contributed by atoms with van der Waals surface area (Å²) in [5.41, 5.74) is -1.88. The molecule has 196 valence electrons. The average Bonchev–Trinajstić information content (AvgIpc) is 2.65. The van der Waals surface area contributed by atoms with E-state index in [1.165, 1.54) is 0 Å². The highest BCUT2D eigenvalue weighted by atomic mass is 16.6. The molecule has 9 heteroatoms. The monoisotopic (exact) mass is 493 g/mol. The molecule has 0 aliphatic rings. The Morgan fingerprint density at radius 2 is 1.20 bits per heavy atom. The number of carbonyl (C=O) groups is 4. The van der Waals surface area contributed by atoms with Crippen molar-refractivity contribution in [1.82, 2.24) is 5.32 Å². The standard InChI is InChI=1S/C26H39NO8/c1-24(2,3)33-21(29)18(20(28)32-16-17-13-11-10-12-14-17)15-19(22(30)34-25(4,5)6)27-23(31)35-26(7,8)9/h10-14,18-19H,15-16H2,1-9H3,(H,27,31)/t18?,19-/m0/s1. The fourth-order valence-electron chi connectivity index (χ4n) is 2.76. The van der Waals surface area contributed by atoms with Gasteiger partial charge in [-0.3, -0.25) is 9.59 Å². The molecule has 0 aliphatic carbocycles. The molecule has 9 nitrogen and oxygen atoms in total. The minimum atomic E-state index is -1.50. The summed E-state index contributed by atoms with van der Waals surface area (Å²) in [6.07, 6.45) is -1.33. The fourth-order valence-corrected chi connectivity index (χ4v) is 2.76. The molecule has 0 aliphatic heterocycles. The van der Waals surface area contributed by atoms with E-state index in [4.69, 9.17) is 18.9 Å². The van der Waals surface area contributed by atoms with Crippen molar-refractivity contribution in [3.63, 3.8) is 0 Å². The minimum Gasteiger partial charge on any atom is -0.460 e. The maximum Gasteiger partial charge on any atom is 0.408 e. The first-order chi connectivity index (χ1) is 15.9. The number of rotatable bonds is 8. The van der Waals surface area contributed by atoms with E-state index in [-0.39, 0.29) is 6.61 Å². The zero-order chi connectivity index (χ0) is 27.0. The lowest BCUT2D eigenvalue weighted by atomic mass is 9.99. The van der Waals surface area contributed by atoms with Gasteiger partial charge in [0.05, 0.1) is 0 Å². The Hall–Kier alpha value is -3.10. The van der Waals surface area contributed by atoms with Crippen molar-refractivity contribution in [2.24, 2.45) is 5.92 Å². The number of nitrogens with one attached hydrogen (secondary N) is 1. The van der Waals surface area contributed by atoms with Gasteiger partial charge in [-0.25, -0.2) is 9.59 Å². The number of hydrogen-bond acceptors (Lipinski definition) is 8. The van der Waals surface area contributed by atoms with E-state index >= 15 is 0 Å². The smallest absolute Gasteiger partial charge is 0.408 e. The van der Waals surface area contributed by atoms with E-state index < -0.39 is 59.2 Å². The van der Waals surface area contributed by atoms with Crippen molar-refractivity contribution in [2.45, 2.75) is 98.2 Å². The number of carbonyl (C=O) groups excluding carboxylic acids is 4. The van der Waals surface area contributed by atoms with Crippen LogP contribution in [0.4, 0.5) is 4.79 Å². The summed E-state index contributed by atoms with van der Waals surface area (Å²) >= 11 is 0. The molecule has 0 radical (unpaired) electrons. The molecule has 0 spiro atoms. The van der Waals surface area contributed by atoms with Crippen molar-refractivity contribution in [3.05, 3.63) is 35.9 Å². The van der Waals surface area contributed by atoms with Crippen LogP contribution in [0.1, 0.15) is 74.3 Å². The van der Waals surface area contributed by atoms with Gasteiger partial charge in [-0.1, -0.05) is 30.3 Å². The Morgan fingerprint density at radius 1 is 0.714 bits per heavy atom. The number of esters is 3. The van der Waals surface area contributed by atoms with Crippen molar-refractivity contribution < 1.29 is 38.1 Å². The topological polar surface area (TPSA) is 117 Å². The van der Waals surface area contributed by atoms with Crippen LogP contribution in [0, 0.1) is 5.92 Å². The normalized spacial score (nSPS) is 13.7. The molecule has 1 aromatic rings. The molecule has 0 saturated carbocycles. The molecule has 1 aromatic carbocycles. The fraction of sp³-hybridized carbons (Fsp3) is 0.615. The summed E-state index contributed by atoms with van der Waals surface area (Å²) in [5, 5.41) is 2.42. The van der Waals surface area contributed by atoms with Gasteiger partial charge in [-0.2, -0.15) is 0 Å². The van der Waals surface area contributed by atoms with Gasteiger partial charge < -0.3 is 24.3 Å². The van der Waals surface area contributed by atoms with Gasteiger partial charge in [0, 0.05) is 6.42 Å². The van der Waals surface area contributed by atoms with Gasteiger partial charge in [-0.05, 0) is 67.9 Å². The van der Waals surface area contributed by atoms with E-state index in [1.54, 1.807) is 86.6 Å². The third kappa shape index (κ3) is 12.8. The van der Waals surface area contributed by atoms with Crippen LogP contribution in [0.3, 0.4) is 0 Å². The van der Waals surface area contributed by atoms with Gasteiger partial charge in [0.25, 0.3) is 0 Å². The van der Waals surface area contributed by atoms with E-state index in [1.807, 2.05) is 6.07 Å². The minimum absolute atomic E-state index is 0.0738. The third-order valence-corrected chi connectivity index (χ3v) is 4.05. The second-order valence-corrected chi connectivity index (χ2v) is 11.1. The molecule has 2 atom stereocenters. The van der Waals surface area contributed by atoms with E-state index in [2.05, 4.69) is 5.32 Å². The maximum absolute atomic E-state index is 13.0. The lowest BCUT2D eigenvalue weighted by Crippen LogP contribution is -2.49. The number of ether oxygens (including phenoxy) is 4. The van der Waals surface area contributed by atoms with Crippen molar-refractivity contribution in [1.29, 1.82) is 0 Å². The highest BCUT2D eigenvalue weighted by Gasteiger charge is 2.39. The molecule has 1 amide bonds. The van der Waals surface area contributed by atoms with Crippen molar-refractivity contribution >= 4 is 24.0 Å². The first-order valence-electron chi connectivity index (χ1n) is 11.5. The largest absolute Gasteiger partial charge is 0.460 e. The summed E-state index contributed by atoms with van der Waals surface area (Å²) in [5.74, 6) is -4.09. The first-order valence-corrected chi connectivity index (χ1v) is 11.5. The summed E-state index contributed by atoms with van der Waals surface area (Å²) in [7, 11) is 0. The van der Waals surface area contributed by atoms with E-state index in [0.29, 0.717) is 0 Å². The van der Waals surface area contributed by atoms with Crippen LogP contribution in [0.15, 0.2) is 30.3 Å². The van der Waals surface area contributed by atoms with Crippen LogP contribution in [-0.2, 0) is 39.9 Å². The van der Waals surface area contributed by atoms with Crippen LogP contribution >= 0.6 is 0 Å². The average molecular weight is 494 g/mol. The number of benzene rings is 1. The quantitative estimate of drug-likeness (QED) is 0.323. The molecule has 0 saturated heterocycles. The highest BCUT2D eigenvalue weighted by Crippen LogP contribution is 2.20. The first kappa shape index (κ1) is 29.9. The molecular formula is C26H39NO8. The van der Waals surface area contributed by atoms with Crippen LogP contribution in [0.2, 0.25) is 0 Å². The Balaban J connectivity index is 3.18. The Morgan fingerprint density at radius 3 is 1.69 bits per heavy atom. The molecular weight excluding hydrogens is 454 g/mol. The number of alkyl carbamates (subject to hydrolysis) is 1. The SMILES string of the molecule is CC(C)(C)OC(=O)N[C@@H](CC(C(=O)OCc1ccccc1)C(=O)OC(C)(C)C)C(=O)OC(C)(C)C. The summed E-state index contributed by atoms with van der Waals surface area (Å²) in [6.45, 7) is 14.9.